The van der Waals surface area contributed by atoms with Gasteiger partial charge in [0.25, 0.3) is 5.91 Å². The van der Waals surface area contributed by atoms with Gasteiger partial charge in [0.1, 0.15) is 23.6 Å². The van der Waals surface area contributed by atoms with Crippen molar-refractivity contribution in [1.29, 1.82) is 0 Å². The van der Waals surface area contributed by atoms with Crippen LogP contribution < -0.4 is 14.8 Å². The molecule has 232 valence electrons. The molecule has 0 bridgehead atoms. The van der Waals surface area contributed by atoms with Crippen LogP contribution >= 0.6 is 0 Å². The number of hydrogen-bond donors (Lipinski definition) is 1. The van der Waals surface area contributed by atoms with Crippen molar-refractivity contribution >= 4 is 28.4 Å². The molecule has 9 nitrogen and oxygen atoms in total. The third kappa shape index (κ3) is 6.86. The minimum absolute atomic E-state index is 0.106. The Bertz CT molecular complexity index is 1720. The summed E-state index contributed by atoms with van der Waals surface area (Å²) in [5, 5.41) is 3.54. The Kier molecular flexibility index (Phi) is 8.84. The molecule has 2 fully saturated rings. The Balaban J connectivity index is 1.12. The standard InChI is InChI=1S/C35H35FN4O5/c1-44-30-21-29-27(20-28(30)33(43)37-14-17-40-15-2-3-16-40)34(39-22-38-29)45-26-10-6-24(7-11-26)19-32(42)35(12-13-35)31(41)18-23-4-8-25(36)9-5-23/h4-11,20-22H,2-3,12-19H2,1H3,(H,37,43). The highest BCUT2D eigenvalue weighted by Crippen LogP contribution is 2.49. The number of ether oxygens (including phenoxy) is 2. The number of carbonyl (C=O) groups excluding carboxylic acids is 3. The van der Waals surface area contributed by atoms with Gasteiger partial charge in [-0.25, -0.2) is 14.4 Å². The number of hydrogen-bond acceptors (Lipinski definition) is 8. The predicted molar refractivity (Wildman–Crippen MR) is 166 cm³/mol. The van der Waals surface area contributed by atoms with Gasteiger partial charge in [0, 0.05) is 32.0 Å². The number of benzene rings is 3. The van der Waals surface area contributed by atoms with Gasteiger partial charge in [-0.1, -0.05) is 24.3 Å². The zero-order valence-corrected chi connectivity index (χ0v) is 25.2. The van der Waals surface area contributed by atoms with Crippen LogP contribution in [0.25, 0.3) is 10.9 Å². The summed E-state index contributed by atoms with van der Waals surface area (Å²) in [7, 11) is 1.51. The number of amides is 1. The van der Waals surface area contributed by atoms with Crippen LogP contribution in [0.5, 0.6) is 17.4 Å². The van der Waals surface area contributed by atoms with Crippen molar-refractivity contribution in [1.82, 2.24) is 20.2 Å². The minimum Gasteiger partial charge on any atom is -0.496 e. The number of fused-ring (bicyclic) bond motifs is 1. The van der Waals surface area contributed by atoms with E-state index in [1.54, 1.807) is 48.5 Å². The van der Waals surface area contributed by atoms with Crippen LogP contribution in [0, 0.1) is 11.2 Å². The van der Waals surface area contributed by atoms with E-state index < -0.39 is 5.41 Å². The fourth-order valence-electron chi connectivity index (χ4n) is 5.85. The lowest BCUT2D eigenvalue weighted by atomic mass is 9.88. The number of aromatic nitrogens is 2. The number of halogens is 1. The molecular weight excluding hydrogens is 575 g/mol. The molecule has 4 aromatic rings. The summed E-state index contributed by atoms with van der Waals surface area (Å²) in [4.78, 5) is 50.3. The lowest BCUT2D eigenvalue weighted by Crippen LogP contribution is -2.33. The minimum atomic E-state index is -0.956. The van der Waals surface area contributed by atoms with Crippen LogP contribution in [0.3, 0.4) is 0 Å². The van der Waals surface area contributed by atoms with Gasteiger partial charge in [-0.05, 0) is 80.2 Å². The largest absolute Gasteiger partial charge is 0.496 e. The second-order valence-corrected chi connectivity index (χ2v) is 11.7. The smallest absolute Gasteiger partial charge is 0.255 e. The summed E-state index contributed by atoms with van der Waals surface area (Å²) in [5.41, 5.74) is 1.43. The summed E-state index contributed by atoms with van der Waals surface area (Å²) < 4.78 is 24.8. The van der Waals surface area contributed by atoms with Gasteiger partial charge >= 0.3 is 0 Å². The first kappa shape index (κ1) is 30.3. The molecule has 0 atom stereocenters. The third-order valence-corrected chi connectivity index (χ3v) is 8.67. The Morgan fingerprint density at radius 2 is 1.56 bits per heavy atom. The first-order valence-corrected chi connectivity index (χ1v) is 15.3. The fourth-order valence-corrected chi connectivity index (χ4v) is 5.85. The molecule has 0 spiro atoms. The summed E-state index contributed by atoms with van der Waals surface area (Å²) in [6, 6.07) is 16.2. The van der Waals surface area contributed by atoms with E-state index in [1.165, 1.54) is 38.4 Å². The second-order valence-electron chi connectivity index (χ2n) is 11.7. The summed E-state index contributed by atoms with van der Waals surface area (Å²) >= 11 is 0. The average molecular weight is 611 g/mol. The zero-order chi connectivity index (χ0) is 31.4. The SMILES string of the molecule is COc1cc2ncnc(Oc3ccc(CC(=O)C4(C(=O)Cc5ccc(F)cc5)CC4)cc3)c2cc1C(=O)NCCN1CCCC1. The third-order valence-electron chi connectivity index (χ3n) is 8.67. The van der Waals surface area contributed by atoms with E-state index in [2.05, 4.69) is 20.2 Å². The summed E-state index contributed by atoms with van der Waals surface area (Å²) in [6.07, 6.45) is 5.09. The molecule has 6 rings (SSSR count). The molecule has 45 heavy (non-hydrogen) atoms. The molecule has 1 saturated carbocycles. The van der Waals surface area contributed by atoms with E-state index in [4.69, 9.17) is 9.47 Å². The lowest BCUT2D eigenvalue weighted by Gasteiger charge is -2.16. The molecule has 1 N–H and O–H groups in total. The van der Waals surface area contributed by atoms with Crippen molar-refractivity contribution in [3.05, 3.63) is 89.5 Å². The molecule has 1 aliphatic carbocycles. The van der Waals surface area contributed by atoms with Crippen molar-refractivity contribution < 1.29 is 28.2 Å². The maximum Gasteiger partial charge on any atom is 0.255 e. The maximum absolute atomic E-state index is 13.2. The zero-order valence-electron chi connectivity index (χ0n) is 25.2. The molecule has 2 aliphatic rings. The van der Waals surface area contributed by atoms with Crippen LogP contribution in [0.4, 0.5) is 4.39 Å². The average Bonchev–Trinajstić information content (AvgIpc) is 3.71. The number of carbonyl (C=O) groups is 3. The molecular formula is C35H35FN4O5. The van der Waals surface area contributed by atoms with Gasteiger partial charge in [0.15, 0.2) is 11.6 Å². The first-order valence-electron chi connectivity index (χ1n) is 15.3. The van der Waals surface area contributed by atoms with E-state index in [1.807, 2.05) is 0 Å². The molecule has 0 radical (unpaired) electrons. The maximum atomic E-state index is 13.2. The van der Waals surface area contributed by atoms with E-state index in [0.29, 0.717) is 52.9 Å². The Morgan fingerprint density at radius 3 is 2.18 bits per heavy atom. The molecule has 1 amide bonds. The Labute approximate surface area is 260 Å². The number of likely N-dealkylation sites (tertiary alicyclic amines) is 1. The number of ketones is 2. The topological polar surface area (TPSA) is 111 Å². The van der Waals surface area contributed by atoms with Gasteiger partial charge < -0.3 is 19.7 Å². The highest BCUT2D eigenvalue weighted by atomic mass is 19.1. The molecule has 0 unspecified atom stereocenters. The summed E-state index contributed by atoms with van der Waals surface area (Å²) in [5.74, 6) is 0.342. The highest BCUT2D eigenvalue weighted by molar-refractivity contribution is 6.11. The van der Waals surface area contributed by atoms with Crippen LogP contribution in [-0.2, 0) is 22.4 Å². The van der Waals surface area contributed by atoms with Crippen LogP contribution in [-0.4, -0.2) is 65.6 Å². The highest BCUT2D eigenvalue weighted by Gasteiger charge is 2.54. The fraction of sp³-hybridized carbons (Fsp3) is 0.343. The van der Waals surface area contributed by atoms with Crippen LogP contribution in [0.15, 0.2) is 67.0 Å². The van der Waals surface area contributed by atoms with Gasteiger partial charge in [-0.3, -0.25) is 14.4 Å². The summed E-state index contributed by atoms with van der Waals surface area (Å²) in [6.45, 7) is 3.45. The van der Waals surface area contributed by atoms with E-state index in [9.17, 15) is 18.8 Å². The van der Waals surface area contributed by atoms with Crippen molar-refractivity contribution in [2.24, 2.45) is 5.41 Å². The predicted octanol–water partition coefficient (Wildman–Crippen LogP) is 5.10. The van der Waals surface area contributed by atoms with Crippen molar-refractivity contribution in [2.45, 2.75) is 38.5 Å². The van der Waals surface area contributed by atoms with Crippen molar-refractivity contribution in [2.75, 3.05) is 33.3 Å². The van der Waals surface area contributed by atoms with Crippen molar-refractivity contribution in [3.63, 3.8) is 0 Å². The molecule has 2 heterocycles. The van der Waals surface area contributed by atoms with E-state index in [-0.39, 0.29) is 42.0 Å². The van der Waals surface area contributed by atoms with Gasteiger partial charge in [0.05, 0.1) is 29.0 Å². The van der Waals surface area contributed by atoms with Crippen molar-refractivity contribution in [3.8, 4) is 17.4 Å². The number of Topliss-reactive ketones (excluding diaryl/α,β-unsaturated/α-hetero) is 2. The van der Waals surface area contributed by atoms with E-state index in [0.717, 1.165) is 25.2 Å². The Hall–Kier alpha value is -4.70. The number of rotatable bonds is 13. The van der Waals surface area contributed by atoms with Gasteiger partial charge in [-0.2, -0.15) is 0 Å². The quantitative estimate of drug-likeness (QED) is 0.208. The van der Waals surface area contributed by atoms with Gasteiger partial charge in [-0.15, -0.1) is 0 Å². The van der Waals surface area contributed by atoms with E-state index >= 15 is 0 Å². The number of methoxy groups -OCH3 is 1. The van der Waals surface area contributed by atoms with Crippen LogP contribution in [0.2, 0.25) is 0 Å². The lowest BCUT2D eigenvalue weighted by molar-refractivity contribution is -0.133. The number of nitrogens with zero attached hydrogens (tertiary/aromatic N) is 3. The molecule has 3 aromatic carbocycles. The number of nitrogens with one attached hydrogen (secondary N) is 1. The molecule has 10 heteroatoms. The first-order chi connectivity index (χ1) is 21.8. The molecule has 1 saturated heterocycles. The molecule has 1 aliphatic heterocycles. The normalized spacial score (nSPS) is 15.5. The second kappa shape index (κ2) is 13.1. The molecule has 1 aromatic heterocycles. The Morgan fingerprint density at radius 1 is 0.911 bits per heavy atom. The van der Waals surface area contributed by atoms with Crippen LogP contribution in [0.1, 0.15) is 47.2 Å². The van der Waals surface area contributed by atoms with Gasteiger partial charge in [0.2, 0.25) is 5.88 Å². The monoisotopic (exact) mass is 610 g/mol.